The van der Waals surface area contributed by atoms with Crippen LogP contribution in [0.4, 0.5) is 0 Å². The molecule has 0 saturated heterocycles. The second-order valence-electron chi connectivity index (χ2n) is 20.0. The highest BCUT2D eigenvalue weighted by molar-refractivity contribution is 9.11. The maximum atomic E-state index is 11.1. The van der Waals surface area contributed by atoms with Crippen molar-refractivity contribution >= 4 is 47.8 Å². The molecule has 11 nitrogen and oxygen atoms in total. The summed E-state index contributed by atoms with van der Waals surface area (Å²) in [6.07, 6.45) is 0. The van der Waals surface area contributed by atoms with Crippen LogP contribution in [0.15, 0.2) is 142 Å². The van der Waals surface area contributed by atoms with Gasteiger partial charge in [0.15, 0.2) is 0 Å². The molecule has 4 bridgehead atoms. The molecule has 4 aliphatic carbocycles. The number of hydrogen-bond acceptors (Lipinski definition) is 11. The summed E-state index contributed by atoms with van der Waals surface area (Å²) in [6, 6.07) is 41.8. The van der Waals surface area contributed by atoms with Crippen LogP contribution in [0, 0.1) is 6.92 Å². The van der Waals surface area contributed by atoms with Crippen LogP contribution >= 0.6 is 47.8 Å². The largest absolute Gasteiger partial charge is 0.508 e. The summed E-state index contributed by atoms with van der Waals surface area (Å²) in [5.74, 6) is 3.11. The fraction of sp³-hybridized carbons (Fsp3) is 0.238. The van der Waals surface area contributed by atoms with E-state index in [2.05, 4.69) is 96.3 Å². The first kappa shape index (κ1) is 52.1. The fourth-order valence-electron chi connectivity index (χ4n) is 13.3. The third-order valence-electron chi connectivity index (χ3n) is 16.3. The number of phenolic OH excluding ortho intramolecular Hbond substituents is 5. The molecule has 0 spiro atoms. The Morgan fingerprint density at radius 1 is 0.403 bits per heavy atom. The molecule has 0 heterocycles. The monoisotopic (exact) mass is 1220 g/mol. The van der Waals surface area contributed by atoms with E-state index in [4.69, 9.17) is 28.4 Å². The van der Waals surface area contributed by atoms with Gasteiger partial charge in [-0.3, -0.25) is 0 Å². The van der Waals surface area contributed by atoms with Gasteiger partial charge in [0.1, 0.15) is 63.2 Å². The number of aromatic hydroxyl groups is 5. The molecular weight excluding hydrogens is 1170 g/mol. The van der Waals surface area contributed by atoms with Gasteiger partial charge in [-0.05, 0) is 132 Å². The first-order valence-electron chi connectivity index (χ1n) is 24.9. The molecule has 4 aliphatic rings. The summed E-state index contributed by atoms with van der Waals surface area (Å²) in [5, 5.41) is 52.8. The average molecular weight is 1230 g/mol. The van der Waals surface area contributed by atoms with Crippen molar-refractivity contribution in [3.63, 3.8) is 0 Å². The molecule has 0 radical (unpaired) electrons. The number of benzene rings is 8. The zero-order valence-corrected chi connectivity index (χ0v) is 47.8. The highest BCUT2D eigenvalue weighted by atomic mass is 79.9. The fourth-order valence-corrected chi connectivity index (χ4v) is 16.5. The highest BCUT2D eigenvalue weighted by Gasteiger charge is 2.64. The van der Waals surface area contributed by atoms with Gasteiger partial charge in [0.2, 0.25) is 0 Å². The quantitative estimate of drug-likeness (QED) is 0.0831. The van der Waals surface area contributed by atoms with E-state index in [0.717, 1.165) is 93.1 Å². The van der Waals surface area contributed by atoms with Crippen LogP contribution in [0.25, 0.3) is 0 Å². The Hall–Kier alpha value is -7.00. The van der Waals surface area contributed by atoms with Crippen LogP contribution in [0.1, 0.15) is 114 Å². The minimum Gasteiger partial charge on any atom is -0.508 e. The lowest BCUT2D eigenvalue weighted by Gasteiger charge is -2.46. The minimum absolute atomic E-state index is 0.000231. The van der Waals surface area contributed by atoms with Crippen LogP contribution in [-0.4, -0.2) is 68.2 Å². The average Bonchev–Trinajstić information content (AvgIpc) is 3.09. The number of alkyl halides is 1. The van der Waals surface area contributed by atoms with Crippen LogP contribution in [-0.2, 0) is 4.32 Å². The first-order chi connectivity index (χ1) is 37.1. The molecule has 394 valence electrons. The molecule has 0 saturated carbocycles. The van der Waals surface area contributed by atoms with Crippen molar-refractivity contribution in [3.8, 4) is 63.2 Å². The van der Waals surface area contributed by atoms with Crippen LogP contribution < -0.4 is 28.4 Å². The lowest BCUT2D eigenvalue weighted by molar-refractivity contribution is 0.363. The molecule has 6 unspecified atom stereocenters. The minimum atomic E-state index is -0.675. The van der Waals surface area contributed by atoms with Gasteiger partial charge in [-0.1, -0.05) is 82.2 Å². The summed E-state index contributed by atoms with van der Waals surface area (Å²) < 4.78 is 36.2. The molecular formula is C63H55Br3O11. The Labute approximate surface area is 472 Å². The number of rotatable bonds is 10. The maximum absolute atomic E-state index is 11.1. The Bertz CT molecular complexity index is 3590. The van der Waals surface area contributed by atoms with E-state index >= 15 is 0 Å². The van der Waals surface area contributed by atoms with E-state index in [9.17, 15) is 25.5 Å². The number of ether oxygens (including phenoxy) is 6. The topological polar surface area (TPSA) is 157 Å². The smallest absolute Gasteiger partial charge is 0.137 e. The summed E-state index contributed by atoms with van der Waals surface area (Å²) in [7, 11) is 10.1. The van der Waals surface area contributed by atoms with Crippen molar-refractivity contribution in [3.05, 3.63) is 215 Å². The molecule has 0 amide bonds. The van der Waals surface area contributed by atoms with E-state index in [1.54, 1.807) is 66.9 Å². The predicted octanol–water partition coefficient (Wildman–Crippen LogP) is 14.6. The second-order valence-corrected chi connectivity index (χ2v) is 22.9. The first-order valence-corrected chi connectivity index (χ1v) is 27.3. The normalized spacial score (nSPS) is 21.8. The van der Waals surface area contributed by atoms with E-state index in [-0.39, 0.29) is 70.2 Å². The van der Waals surface area contributed by atoms with Crippen LogP contribution in [0.2, 0.25) is 0 Å². The van der Waals surface area contributed by atoms with Crippen molar-refractivity contribution in [1.29, 1.82) is 0 Å². The number of aryl methyl sites for hydroxylation is 1. The number of halogens is 3. The zero-order valence-electron chi connectivity index (χ0n) is 43.1. The number of phenols is 5. The van der Waals surface area contributed by atoms with Crippen molar-refractivity contribution < 1.29 is 54.0 Å². The van der Waals surface area contributed by atoms with Crippen molar-refractivity contribution in [1.82, 2.24) is 0 Å². The molecule has 8 aromatic rings. The van der Waals surface area contributed by atoms with Crippen molar-refractivity contribution in [2.24, 2.45) is 0 Å². The Balaban J connectivity index is 0.000000168. The van der Waals surface area contributed by atoms with Gasteiger partial charge >= 0.3 is 0 Å². The highest BCUT2D eigenvalue weighted by Crippen LogP contribution is 2.76. The van der Waals surface area contributed by atoms with Crippen molar-refractivity contribution in [2.45, 2.75) is 52.7 Å². The van der Waals surface area contributed by atoms with Gasteiger partial charge < -0.3 is 54.0 Å². The molecule has 0 aromatic heterocycles. The molecule has 8 atom stereocenters. The lowest BCUT2D eigenvalue weighted by Crippen LogP contribution is -2.38. The maximum Gasteiger partial charge on any atom is 0.137 e. The van der Waals surface area contributed by atoms with Gasteiger partial charge in [-0.2, -0.15) is 0 Å². The zero-order chi connectivity index (χ0) is 54.4. The van der Waals surface area contributed by atoms with Crippen LogP contribution in [0.5, 0.6) is 63.2 Å². The van der Waals surface area contributed by atoms with E-state index in [1.165, 1.54) is 12.1 Å². The summed E-state index contributed by atoms with van der Waals surface area (Å²) in [6.45, 7) is 2.03. The van der Waals surface area contributed by atoms with Gasteiger partial charge in [-0.15, -0.1) is 0 Å². The Morgan fingerprint density at radius 2 is 0.883 bits per heavy atom. The third-order valence-corrected chi connectivity index (χ3v) is 19.2. The van der Waals surface area contributed by atoms with Gasteiger partial charge in [0.05, 0.1) is 55.9 Å². The predicted molar refractivity (Wildman–Crippen MR) is 306 cm³/mol. The Kier molecular flexibility index (Phi) is 13.6. The van der Waals surface area contributed by atoms with Gasteiger partial charge in [-0.25, -0.2) is 0 Å². The molecule has 8 aromatic carbocycles. The van der Waals surface area contributed by atoms with Gasteiger partial charge in [0, 0.05) is 87.9 Å². The van der Waals surface area contributed by atoms with E-state index < -0.39 is 4.32 Å². The Morgan fingerprint density at radius 3 is 1.43 bits per heavy atom. The summed E-state index contributed by atoms with van der Waals surface area (Å²) in [5.41, 5.74) is 12.6. The third kappa shape index (κ3) is 8.15. The molecule has 14 heteroatoms. The lowest BCUT2D eigenvalue weighted by atomic mass is 9.62. The molecule has 0 aliphatic heterocycles. The SMILES string of the molecule is COc1ccc(C2C3c4c(Br)c(OC)cc(OC)c4[C@@H](c4ccc(OC)cc4)C2(Br)c2c(Br)c(OC)cc(OC)c23)cc1.Cc1ccc(C2C3c4cc(O)cc(O)c4[C@@H](c4ccc(O)cc4)C2c2cc(O)cc(O)c23)cc1. The molecule has 12 rings (SSSR count). The number of methoxy groups -OCH3 is 6. The molecule has 5 N–H and O–H groups in total. The molecule has 0 fully saturated rings. The second kappa shape index (κ2) is 20.1. The summed E-state index contributed by atoms with van der Waals surface area (Å²) in [4.78, 5) is 0. The standard InChI is InChI=1S/C34H31Br3O6.C29H24O5/c1-38-19-11-7-17(8-12-19)29-26-22(41-4)15-23(42-5)32(35)28(26)27-25-21(40-3)16-24(43-6)33(36)31(25)34(29,37)30(27)18-9-13-20(39-2)14-10-18;1-14-2-4-15(5-3-14)25-28-21-11-19(32)13-23(34)27(21)29(25)20-10-18(31)12-22(33)26(20)24(28)16-6-8-17(30)9-7-16/h7-16,27,29-30H,1-6H3;2-13,24-25,28-34H,1H3/t27?,29-,30?,34?;24-,25?,28?,29?/m11/s1. The molecule has 77 heavy (non-hydrogen) atoms. The van der Waals surface area contributed by atoms with E-state index in [0.29, 0.717) is 22.6 Å². The van der Waals surface area contributed by atoms with Crippen LogP contribution in [0.3, 0.4) is 0 Å². The summed E-state index contributed by atoms with van der Waals surface area (Å²) >= 11 is 12.4. The van der Waals surface area contributed by atoms with Gasteiger partial charge in [0.25, 0.3) is 0 Å². The van der Waals surface area contributed by atoms with Crippen molar-refractivity contribution in [2.75, 3.05) is 42.7 Å². The number of hydrogen-bond donors (Lipinski definition) is 5. The van der Waals surface area contributed by atoms with E-state index in [1.807, 2.05) is 55.5 Å². The number of fused-ring (bicyclic) bond motifs is 14.